The molecule has 0 saturated carbocycles. The van der Waals surface area contributed by atoms with Gasteiger partial charge in [0.1, 0.15) is 13.2 Å². The van der Waals surface area contributed by atoms with Crippen molar-refractivity contribution in [2.45, 2.75) is 26.3 Å². The molecule has 6 heteroatoms. The highest BCUT2D eigenvalue weighted by atomic mass is 35.5. The Morgan fingerprint density at radius 3 is 2.90 bits per heavy atom. The van der Waals surface area contributed by atoms with E-state index in [4.69, 9.17) is 21.1 Å². The summed E-state index contributed by atoms with van der Waals surface area (Å²) in [6, 6.07) is 3.78. The molecular weight excluding hydrogens is 292 g/mol. The van der Waals surface area contributed by atoms with Crippen molar-refractivity contribution in [3.8, 4) is 11.5 Å². The Bertz CT molecular complexity index is 494. The minimum Gasteiger partial charge on any atom is -0.486 e. The number of fused-ring (bicyclic) bond motifs is 1. The van der Waals surface area contributed by atoms with Crippen molar-refractivity contribution in [2.24, 2.45) is 0 Å². The topological polar surface area (TPSA) is 59.6 Å². The second-order valence-electron chi connectivity index (χ2n) is 4.88. The molecule has 1 aromatic carbocycles. The molecule has 21 heavy (non-hydrogen) atoms. The molecule has 0 saturated heterocycles. The fourth-order valence-electron chi connectivity index (χ4n) is 2.05. The highest BCUT2D eigenvalue weighted by Gasteiger charge is 2.16. The molecule has 1 aliphatic rings. The van der Waals surface area contributed by atoms with E-state index in [-0.39, 0.29) is 5.91 Å². The van der Waals surface area contributed by atoms with Gasteiger partial charge in [-0.05, 0) is 24.1 Å². The van der Waals surface area contributed by atoms with Crippen molar-refractivity contribution >= 4 is 17.5 Å². The molecule has 1 heterocycles. The largest absolute Gasteiger partial charge is 0.486 e. The zero-order valence-electron chi connectivity index (χ0n) is 12.2. The van der Waals surface area contributed by atoms with Crippen LogP contribution in [0.3, 0.4) is 0 Å². The van der Waals surface area contributed by atoms with Gasteiger partial charge in [-0.15, -0.1) is 0 Å². The fraction of sp³-hybridized carbons (Fsp3) is 0.533. The van der Waals surface area contributed by atoms with Crippen molar-refractivity contribution in [3.63, 3.8) is 0 Å². The summed E-state index contributed by atoms with van der Waals surface area (Å²) in [6.45, 7) is 5.09. The van der Waals surface area contributed by atoms with Crippen LogP contribution in [-0.2, 0) is 11.3 Å². The molecule has 1 aliphatic heterocycles. The van der Waals surface area contributed by atoms with E-state index >= 15 is 0 Å². The van der Waals surface area contributed by atoms with Crippen LogP contribution in [0.5, 0.6) is 11.5 Å². The third-order valence-electron chi connectivity index (χ3n) is 3.09. The second kappa shape index (κ2) is 8.10. The van der Waals surface area contributed by atoms with Crippen LogP contribution in [-0.4, -0.2) is 32.2 Å². The van der Waals surface area contributed by atoms with Crippen LogP contribution in [0.4, 0.5) is 0 Å². The molecule has 1 aromatic rings. The highest BCUT2D eigenvalue weighted by molar-refractivity contribution is 6.32. The lowest BCUT2D eigenvalue weighted by Crippen LogP contribution is -2.28. The lowest BCUT2D eigenvalue weighted by molar-refractivity contribution is -0.120. The van der Waals surface area contributed by atoms with Crippen molar-refractivity contribution in [1.82, 2.24) is 10.6 Å². The third kappa shape index (κ3) is 4.79. The molecule has 0 unspecified atom stereocenters. The summed E-state index contributed by atoms with van der Waals surface area (Å²) in [6.07, 6.45) is 1.42. The molecule has 2 N–H and O–H groups in total. The van der Waals surface area contributed by atoms with Gasteiger partial charge in [-0.1, -0.05) is 18.5 Å². The Labute approximate surface area is 130 Å². The molecular formula is C15H21ClN2O3. The maximum atomic E-state index is 11.5. The molecule has 0 aromatic heterocycles. The van der Waals surface area contributed by atoms with Crippen LogP contribution in [0.1, 0.15) is 25.3 Å². The molecule has 0 aliphatic carbocycles. The Hall–Kier alpha value is -1.46. The zero-order valence-corrected chi connectivity index (χ0v) is 13.0. The lowest BCUT2D eigenvalue weighted by Gasteiger charge is -2.20. The number of hydrogen-bond acceptors (Lipinski definition) is 4. The van der Waals surface area contributed by atoms with E-state index < -0.39 is 0 Å². The number of benzene rings is 1. The Kier molecular flexibility index (Phi) is 6.14. The van der Waals surface area contributed by atoms with Gasteiger partial charge in [0.2, 0.25) is 5.91 Å². The molecule has 5 nitrogen and oxygen atoms in total. The summed E-state index contributed by atoms with van der Waals surface area (Å²) in [5, 5.41) is 6.63. The van der Waals surface area contributed by atoms with E-state index in [0.717, 1.165) is 18.5 Å². The van der Waals surface area contributed by atoms with E-state index in [0.29, 0.717) is 49.2 Å². The van der Waals surface area contributed by atoms with Gasteiger partial charge in [0, 0.05) is 26.1 Å². The average Bonchev–Trinajstić information content (AvgIpc) is 2.49. The second-order valence-corrected chi connectivity index (χ2v) is 5.29. The SMILES string of the molecule is CCCNC(=O)CCNCc1cc(Cl)c2c(c1)OCCO2. The molecule has 0 bridgehead atoms. The first-order valence-corrected chi connectivity index (χ1v) is 7.64. The maximum absolute atomic E-state index is 11.5. The van der Waals surface area contributed by atoms with Crippen molar-refractivity contribution < 1.29 is 14.3 Å². The van der Waals surface area contributed by atoms with Crippen LogP contribution in [0.2, 0.25) is 5.02 Å². The van der Waals surface area contributed by atoms with E-state index in [1.54, 1.807) is 0 Å². The molecule has 0 spiro atoms. The predicted molar refractivity (Wildman–Crippen MR) is 82.1 cm³/mol. The van der Waals surface area contributed by atoms with Gasteiger partial charge in [-0.2, -0.15) is 0 Å². The number of halogens is 1. The maximum Gasteiger partial charge on any atom is 0.221 e. The van der Waals surface area contributed by atoms with Crippen molar-refractivity contribution in [2.75, 3.05) is 26.3 Å². The summed E-state index contributed by atoms with van der Waals surface area (Å²) in [4.78, 5) is 11.5. The number of nitrogens with one attached hydrogen (secondary N) is 2. The number of rotatable bonds is 7. The van der Waals surface area contributed by atoms with Gasteiger partial charge in [0.05, 0.1) is 5.02 Å². The number of carbonyl (C=O) groups excluding carboxylic acids is 1. The summed E-state index contributed by atoms with van der Waals surface area (Å²) >= 11 is 6.17. The van der Waals surface area contributed by atoms with Gasteiger partial charge in [-0.25, -0.2) is 0 Å². The van der Waals surface area contributed by atoms with Gasteiger partial charge < -0.3 is 20.1 Å². The summed E-state index contributed by atoms with van der Waals surface area (Å²) in [5.41, 5.74) is 1.01. The number of carbonyl (C=O) groups is 1. The van der Waals surface area contributed by atoms with Crippen LogP contribution in [0, 0.1) is 0 Å². The first-order valence-electron chi connectivity index (χ1n) is 7.26. The first-order chi connectivity index (χ1) is 10.2. The van der Waals surface area contributed by atoms with Gasteiger partial charge >= 0.3 is 0 Å². The Morgan fingerprint density at radius 1 is 1.29 bits per heavy atom. The van der Waals surface area contributed by atoms with Crippen LogP contribution in [0.25, 0.3) is 0 Å². The smallest absolute Gasteiger partial charge is 0.221 e. The van der Waals surface area contributed by atoms with E-state index in [2.05, 4.69) is 10.6 Å². The van der Waals surface area contributed by atoms with Crippen molar-refractivity contribution in [3.05, 3.63) is 22.7 Å². The van der Waals surface area contributed by atoms with Crippen molar-refractivity contribution in [1.29, 1.82) is 0 Å². The molecule has 1 amide bonds. The van der Waals surface area contributed by atoms with Crippen LogP contribution >= 0.6 is 11.6 Å². The van der Waals surface area contributed by atoms with E-state index in [9.17, 15) is 4.79 Å². The Balaban J connectivity index is 1.78. The summed E-state index contributed by atoms with van der Waals surface area (Å²) in [5.74, 6) is 1.38. The van der Waals surface area contributed by atoms with E-state index in [1.807, 2.05) is 19.1 Å². The molecule has 0 atom stereocenters. The van der Waals surface area contributed by atoms with Gasteiger partial charge in [-0.3, -0.25) is 4.79 Å². The van der Waals surface area contributed by atoms with Crippen LogP contribution < -0.4 is 20.1 Å². The summed E-state index contributed by atoms with van der Waals surface area (Å²) < 4.78 is 11.0. The third-order valence-corrected chi connectivity index (χ3v) is 3.37. The molecule has 116 valence electrons. The molecule has 0 radical (unpaired) electrons. The number of ether oxygens (including phenoxy) is 2. The highest BCUT2D eigenvalue weighted by Crippen LogP contribution is 2.38. The first kappa shape index (κ1) is 15.9. The quantitative estimate of drug-likeness (QED) is 0.757. The standard InChI is InChI=1S/C15H21ClN2O3/c1-2-4-18-14(19)3-5-17-10-11-8-12(16)15-13(9-11)20-6-7-21-15/h8-9,17H,2-7,10H2,1H3,(H,18,19). The lowest BCUT2D eigenvalue weighted by atomic mass is 10.2. The Morgan fingerprint density at radius 2 is 2.10 bits per heavy atom. The predicted octanol–water partition coefficient (Wildman–Crippen LogP) is 2.12. The normalized spacial score (nSPS) is 13.0. The summed E-state index contributed by atoms with van der Waals surface area (Å²) in [7, 11) is 0. The van der Waals surface area contributed by atoms with Crippen LogP contribution in [0.15, 0.2) is 12.1 Å². The minimum absolute atomic E-state index is 0.0737. The minimum atomic E-state index is 0.0737. The molecule has 0 fully saturated rings. The molecule has 2 rings (SSSR count). The average molecular weight is 313 g/mol. The van der Waals surface area contributed by atoms with E-state index in [1.165, 1.54) is 0 Å². The zero-order chi connectivity index (χ0) is 15.1. The number of hydrogen-bond donors (Lipinski definition) is 2. The fourth-order valence-corrected chi connectivity index (χ4v) is 2.34. The van der Waals surface area contributed by atoms with Gasteiger partial charge in [0.25, 0.3) is 0 Å². The monoisotopic (exact) mass is 312 g/mol. The van der Waals surface area contributed by atoms with Gasteiger partial charge in [0.15, 0.2) is 11.5 Å². The number of amides is 1.